The first-order valence-electron chi connectivity index (χ1n) is 9.37. The number of anilines is 1. The lowest BCUT2D eigenvalue weighted by Gasteiger charge is -2.14. The van der Waals surface area contributed by atoms with Gasteiger partial charge < -0.3 is 10.1 Å². The zero-order valence-corrected chi connectivity index (χ0v) is 19.0. The van der Waals surface area contributed by atoms with Gasteiger partial charge in [0.2, 0.25) is 5.91 Å². The quantitative estimate of drug-likeness (QED) is 0.354. The van der Waals surface area contributed by atoms with Gasteiger partial charge in [-0.25, -0.2) is 4.79 Å². The van der Waals surface area contributed by atoms with Crippen LogP contribution in [0.15, 0.2) is 53.4 Å². The van der Waals surface area contributed by atoms with Gasteiger partial charge in [0.1, 0.15) is 4.32 Å². The van der Waals surface area contributed by atoms with Crippen LogP contribution in [0.5, 0.6) is 0 Å². The third-order valence-corrected chi connectivity index (χ3v) is 6.14. The molecule has 1 N–H and O–H groups in total. The SMILES string of the molecule is COC(=O)c1ccc(C=C2SC(=S)N(CCCC(=O)Nc3ccccc3Cl)C2=O)cc1. The molecule has 160 valence electrons. The monoisotopic (exact) mass is 474 g/mol. The van der Waals surface area contributed by atoms with Crippen molar-refractivity contribution in [3.05, 3.63) is 69.6 Å². The van der Waals surface area contributed by atoms with Crippen LogP contribution >= 0.6 is 35.6 Å². The Morgan fingerprint density at radius 2 is 1.90 bits per heavy atom. The van der Waals surface area contributed by atoms with Crippen LogP contribution in [0.25, 0.3) is 6.08 Å². The highest BCUT2D eigenvalue weighted by Crippen LogP contribution is 2.32. The summed E-state index contributed by atoms with van der Waals surface area (Å²) >= 11 is 12.6. The second-order valence-electron chi connectivity index (χ2n) is 6.58. The third-order valence-electron chi connectivity index (χ3n) is 4.44. The Morgan fingerprint density at radius 3 is 2.58 bits per heavy atom. The summed E-state index contributed by atoms with van der Waals surface area (Å²) in [6.45, 7) is 0.346. The van der Waals surface area contributed by atoms with Crippen LogP contribution in [0, 0.1) is 0 Å². The van der Waals surface area contributed by atoms with Gasteiger partial charge in [0.25, 0.3) is 5.91 Å². The Kier molecular flexibility index (Phi) is 7.84. The molecule has 0 atom stereocenters. The van der Waals surface area contributed by atoms with Crippen LogP contribution in [0.4, 0.5) is 5.69 Å². The average molecular weight is 475 g/mol. The minimum absolute atomic E-state index is 0.181. The summed E-state index contributed by atoms with van der Waals surface area (Å²) in [5.74, 6) is -0.796. The zero-order valence-electron chi connectivity index (χ0n) is 16.6. The molecule has 31 heavy (non-hydrogen) atoms. The van der Waals surface area contributed by atoms with Crippen LogP contribution < -0.4 is 5.32 Å². The Labute approximate surface area is 194 Å². The summed E-state index contributed by atoms with van der Waals surface area (Å²) in [5.41, 5.74) is 1.76. The van der Waals surface area contributed by atoms with Gasteiger partial charge in [-0.3, -0.25) is 14.5 Å². The first kappa shape index (κ1) is 23.0. The highest BCUT2D eigenvalue weighted by atomic mass is 35.5. The molecule has 0 saturated carbocycles. The summed E-state index contributed by atoms with van der Waals surface area (Å²) in [6, 6.07) is 13.7. The summed E-state index contributed by atoms with van der Waals surface area (Å²) < 4.78 is 5.13. The third kappa shape index (κ3) is 5.94. The van der Waals surface area contributed by atoms with Crippen LogP contribution in [-0.2, 0) is 14.3 Å². The second kappa shape index (κ2) is 10.6. The van der Waals surface area contributed by atoms with Crippen LogP contribution in [-0.4, -0.2) is 40.7 Å². The number of benzene rings is 2. The average Bonchev–Trinajstić information content (AvgIpc) is 3.02. The molecule has 1 fully saturated rings. The molecule has 9 heteroatoms. The van der Waals surface area contributed by atoms with Crippen molar-refractivity contribution in [3.63, 3.8) is 0 Å². The highest BCUT2D eigenvalue weighted by Gasteiger charge is 2.31. The van der Waals surface area contributed by atoms with Gasteiger partial charge >= 0.3 is 5.97 Å². The molecule has 0 aliphatic carbocycles. The van der Waals surface area contributed by atoms with E-state index in [4.69, 9.17) is 23.8 Å². The fraction of sp³-hybridized carbons (Fsp3) is 0.182. The summed E-state index contributed by atoms with van der Waals surface area (Å²) in [5, 5.41) is 3.23. The number of carbonyl (C=O) groups excluding carboxylic acids is 3. The number of amides is 2. The van der Waals surface area contributed by atoms with Crippen molar-refractivity contribution >= 4 is 69.4 Å². The van der Waals surface area contributed by atoms with Gasteiger partial charge in [-0.2, -0.15) is 0 Å². The topological polar surface area (TPSA) is 75.7 Å². The van der Waals surface area contributed by atoms with E-state index >= 15 is 0 Å². The predicted octanol–water partition coefficient (Wildman–Crippen LogP) is 4.75. The highest BCUT2D eigenvalue weighted by molar-refractivity contribution is 8.26. The van der Waals surface area contributed by atoms with E-state index in [2.05, 4.69) is 10.1 Å². The van der Waals surface area contributed by atoms with Crippen molar-refractivity contribution in [3.8, 4) is 0 Å². The van der Waals surface area contributed by atoms with Crippen LogP contribution in [0.1, 0.15) is 28.8 Å². The maximum absolute atomic E-state index is 12.7. The number of ether oxygens (including phenoxy) is 1. The van der Waals surface area contributed by atoms with Crippen molar-refractivity contribution in [2.75, 3.05) is 19.0 Å². The largest absolute Gasteiger partial charge is 0.465 e. The van der Waals surface area contributed by atoms with E-state index in [1.54, 1.807) is 54.6 Å². The number of carbonyl (C=O) groups is 3. The number of rotatable bonds is 7. The summed E-state index contributed by atoms with van der Waals surface area (Å²) in [7, 11) is 1.32. The smallest absolute Gasteiger partial charge is 0.337 e. The minimum atomic E-state index is -0.420. The number of esters is 1. The minimum Gasteiger partial charge on any atom is -0.465 e. The zero-order chi connectivity index (χ0) is 22.4. The Hall–Kier alpha value is -2.68. The van der Waals surface area contributed by atoms with Gasteiger partial charge in [-0.05, 0) is 42.3 Å². The molecule has 2 aromatic rings. The van der Waals surface area contributed by atoms with Gasteiger partial charge in [0.15, 0.2) is 0 Å². The molecular weight excluding hydrogens is 456 g/mol. The predicted molar refractivity (Wildman–Crippen MR) is 127 cm³/mol. The number of para-hydroxylation sites is 1. The first-order chi connectivity index (χ1) is 14.9. The molecule has 0 radical (unpaired) electrons. The number of methoxy groups -OCH3 is 1. The summed E-state index contributed by atoms with van der Waals surface area (Å²) in [6.07, 6.45) is 2.42. The number of nitrogens with one attached hydrogen (secondary N) is 1. The second-order valence-corrected chi connectivity index (χ2v) is 8.66. The Bertz CT molecular complexity index is 1050. The lowest BCUT2D eigenvalue weighted by atomic mass is 10.1. The van der Waals surface area contributed by atoms with Crippen molar-refractivity contribution in [2.45, 2.75) is 12.8 Å². The van der Waals surface area contributed by atoms with E-state index in [0.717, 1.165) is 5.56 Å². The number of nitrogens with zero attached hydrogens (tertiary/aromatic N) is 1. The summed E-state index contributed by atoms with van der Waals surface area (Å²) in [4.78, 5) is 38.4. The van der Waals surface area contributed by atoms with Crippen molar-refractivity contribution in [1.29, 1.82) is 0 Å². The molecule has 1 heterocycles. The number of hydrogen-bond acceptors (Lipinski definition) is 6. The molecule has 1 aliphatic rings. The Morgan fingerprint density at radius 1 is 1.19 bits per heavy atom. The van der Waals surface area contributed by atoms with E-state index in [0.29, 0.717) is 38.5 Å². The van der Waals surface area contributed by atoms with Gasteiger partial charge in [-0.1, -0.05) is 59.8 Å². The maximum atomic E-state index is 12.7. The lowest BCUT2D eigenvalue weighted by molar-refractivity contribution is -0.122. The molecule has 1 saturated heterocycles. The number of thiocarbonyl (C=S) groups is 1. The maximum Gasteiger partial charge on any atom is 0.337 e. The normalized spacial score (nSPS) is 14.8. The number of halogens is 1. The molecule has 0 unspecified atom stereocenters. The van der Waals surface area contributed by atoms with E-state index in [1.165, 1.54) is 23.8 Å². The van der Waals surface area contributed by atoms with Gasteiger partial charge in [-0.15, -0.1) is 0 Å². The number of hydrogen-bond donors (Lipinski definition) is 1. The van der Waals surface area contributed by atoms with E-state index < -0.39 is 5.97 Å². The van der Waals surface area contributed by atoms with Gasteiger partial charge in [0.05, 0.1) is 28.3 Å². The molecule has 3 rings (SSSR count). The van der Waals surface area contributed by atoms with E-state index in [-0.39, 0.29) is 18.2 Å². The molecule has 0 spiro atoms. The first-order valence-corrected chi connectivity index (χ1v) is 11.0. The molecule has 0 bridgehead atoms. The fourth-order valence-corrected chi connectivity index (χ4v) is 4.34. The van der Waals surface area contributed by atoms with Crippen molar-refractivity contribution in [2.24, 2.45) is 0 Å². The molecular formula is C22H19ClN2O4S2. The van der Waals surface area contributed by atoms with Gasteiger partial charge in [0, 0.05) is 13.0 Å². The molecule has 6 nitrogen and oxygen atoms in total. The molecule has 0 aromatic heterocycles. The standard InChI is InChI=1S/C22H19ClN2O4S2/c1-29-21(28)15-10-8-14(9-11-15)13-18-20(27)25(22(30)31-18)12-4-7-19(26)24-17-6-3-2-5-16(17)23/h2-3,5-6,8-11,13H,4,7,12H2,1H3,(H,24,26). The number of thioether (sulfide) groups is 1. The van der Waals surface area contributed by atoms with E-state index in [1.807, 2.05) is 0 Å². The van der Waals surface area contributed by atoms with Crippen molar-refractivity contribution in [1.82, 2.24) is 4.90 Å². The van der Waals surface area contributed by atoms with Crippen LogP contribution in [0.2, 0.25) is 5.02 Å². The Balaban J connectivity index is 1.55. The molecule has 2 aromatic carbocycles. The molecule has 2 amide bonds. The van der Waals surface area contributed by atoms with Crippen molar-refractivity contribution < 1.29 is 19.1 Å². The molecule has 1 aliphatic heterocycles. The van der Waals surface area contributed by atoms with E-state index in [9.17, 15) is 14.4 Å². The van der Waals surface area contributed by atoms with Crippen LogP contribution in [0.3, 0.4) is 0 Å². The lowest BCUT2D eigenvalue weighted by Crippen LogP contribution is -2.29. The fourth-order valence-electron chi connectivity index (χ4n) is 2.85.